The van der Waals surface area contributed by atoms with Gasteiger partial charge in [-0.3, -0.25) is 14.4 Å². The van der Waals surface area contributed by atoms with Crippen LogP contribution in [0.25, 0.3) is 33.6 Å². The highest BCUT2D eigenvalue weighted by atomic mass is 16.5. The number of piperidine rings is 2. The lowest BCUT2D eigenvalue weighted by Gasteiger charge is -2.38. The smallest absolute Gasteiger partial charge is 0.407 e. The number of fused-ring (bicyclic) bond motifs is 2. The summed E-state index contributed by atoms with van der Waals surface area (Å²) in [6, 6.07) is 15.8. The molecule has 15 nitrogen and oxygen atoms in total. The third-order valence-corrected chi connectivity index (χ3v) is 16.5. The highest BCUT2D eigenvalue weighted by Crippen LogP contribution is 2.64. The van der Waals surface area contributed by atoms with Crippen molar-refractivity contribution in [3.8, 4) is 33.6 Å². The fraction of sp³-hybridized carbons (Fsp3) is 0.585. The average Bonchev–Trinajstić information content (AvgIpc) is 3.74. The summed E-state index contributed by atoms with van der Waals surface area (Å²) in [4.78, 5) is 75.4. The van der Waals surface area contributed by atoms with Crippen molar-refractivity contribution in [2.45, 2.75) is 154 Å². The number of ether oxygens (including phenoxy) is 4. The van der Waals surface area contributed by atoms with Crippen molar-refractivity contribution >= 4 is 23.9 Å². The number of aromatic amines is 2. The number of nitrogens with one attached hydrogen (secondary N) is 3. The number of nitrogens with zero attached hydrogens (tertiary/aromatic N) is 4. The number of likely N-dealkylation sites (tertiary alicyclic amines) is 2. The number of aromatic nitrogens is 4. The number of carbonyl (C=O) groups is 4. The van der Waals surface area contributed by atoms with Gasteiger partial charge in [0.05, 0.1) is 86.8 Å². The minimum Gasteiger partial charge on any atom is -0.469 e. The molecule has 6 fully saturated rings. The second kappa shape index (κ2) is 17.8. The molecule has 0 bridgehead atoms. The van der Waals surface area contributed by atoms with Crippen molar-refractivity contribution in [3.05, 3.63) is 72.6 Å². The van der Waals surface area contributed by atoms with Crippen molar-refractivity contribution in [1.82, 2.24) is 35.1 Å². The number of methoxy groups -OCH3 is 2. The largest absolute Gasteiger partial charge is 0.469 e. The van der Waals surface area contributed by atoms with Crippen LogP contribution in [0.15, 0.2) is 60.9 Å². The number of benzene rings is 2. The summed E-state index contributed by atoms with van der Waals surface area (Å²) < 4.78 is 22.1. The Hall–Kier alpha value is -5.54. The number of hydrogen-bond acceptors (Lipinski definition) is 10. The first-order chi connectivity index (χ1) is 32.5. The van der Waals surface area contributed by atoms with Crippen LogP contribution in [0.3, 0.4) is 0 Å². The Bertz CT molecular complexity index is 2350. The number of alkyl carbamates (subject to hydrolysis) is 1. The summed E-state index contributed by atoms with van der Waals surface area (Å²) in [6.45, 7) is 12.6. The molecule has 2 aromatic carbocycles. The molecule has 0 radical (unpaired) electrons. The molecule has 6 heterocycles. The quantitative estimate of drug-likeness (QED) is 0.117. The molecule has 4 aliphatic heterocycles. The van der Waals surface area contributed by atoms with E-state index in [0.717, 1.165) is 83.8 Å². The number of carbonyl (C=O) groups excluding carboxylic acids is 4. The maximum Gasteiger partial charge on any atom is 0.407 e. The van der Waals surface area contributed by atoms with Crippen LogP contribution < -0.4 is 5.32 Å². The lowest BCUT2D eigenvalue weighted by Crippen LogP contribution is -2.55. The maximum atomic E-state index is 14.7. The molecule has 6 aliphatic rings. The second-order valence-corrected chi connectivity index (χ2v) is 21.7. The molecule has 362 valence electrons. The molecule has 2 aliphatic carbocycles. The van der Waals surface area contributed by atoms with Gasteiger partial charge in [-0.1, -0.05) is 62.4 Å². The Morgan fingerprint density at radius 3 is 1.51 bits per heavy atom. The molecule has 2 saturated carbocycles. The minimum absolute atomic E-state index is 0.00712. The minimum atomic E-state index is -0.723. The van der Waals surface area contributed by atoms with Gasteiger partial charge in [-0.2, -0.15) is 0 Å². The normalized spacial score (nSPS) is 33.5. The number of imidazole rings is 2. The lowest BCUT2D eigenvalue weighted by molar-refractivity contribution is -0.152. The molecule has 2 aromatic heterocycles. The van der Waals surface area contributed by atoms with Gasteiger partial charge in [0.1, 0.15) is 17.7 Å². The van der Waals surface area contributed by atoms with Crippen LogP contribution in [0.2, 0.25) is 0 Å². The highest BCUT2D eigenvalue weighted by molar-refractivity contribution is 5.88. The summed E-state index contributed by atoms with van der Waals surface area (Å²) in [5, 5.41) is 2.91. The Morgan fingerprint density at radius 1 is 0.647 bits per heavy atom. The number of amides is 3. The van der Waals surface area contributed by atoms with E-state index in [4.69, 9.17) is 28.9 Å². The molecule has 3 N–H and O–H groups in total. The van der Waals surface area contributed by atoms with Crippen molar-refractivity contribution in [2.75, 3.05) is 14.2 Å². The lowest BCUT2D eigenvalue weighted by atomic mass is 9.79. The maximum absolute atomic E-state index is 14.7. The molecule has 4 saturated heterocycles. The zero-order chi connectivity index (χ0) is 47.8. The van der Waals surface area contributed by atoms with E-state index >= 15 is 0 Å². The van der Waals surface area contributed by atoms with E-state index in [-0.39, 0.29) is 95.5 Å². The fourth-order valence-electron chi connectivity index (χ4n) is 12.8. The first-order valence-corrected chi connectivity index (χ1v) is 24.7. The van der Waals surface area contributed by atoms with Gasteiger partial charge in [0.25, 0.3) is 0 Å². The third kappa shape index (κ3) is 8.73. The van der Waals surface area contributed by atoms with Crippen LogP contribution in [0.4, 0.5) is 4.79 Å². The van der Waals surface area contributed by atoms with Gasteiger partial charge in [0, 0.05) is 12.1 Å². The van der Waals surface area contributed by atoms with Crippen molar-refractivity contribution in [2.24, 2.45) is 28.6 Å². The molecule has 15 heteroatoms. The standard InChI is InChI=1S/C53H67N7O8/c1-28-17-36(18-29(2)67-28)38(21-45(61)65-7)49(62)59-41(22-52(5)24-43(52)59)47-54-26-39(56-47)34-13-9-32(10-14-34)33-11-15-35(16-12-33)40-27-55-48(57-40)42-23-53(6)25-44(53)60(42)50(63)46(58-51(64)66-8)37-19-30(3)68-31(4)20-37/h9-16,26-31,36-38,41-44,46H,17-25H2,1-8H3,(H,54,56)(H,55,57)(H,58,64)/t28-,29-,30-,31-,38+,41+,42+,43-,44-,46+,52+,53+/m1/s1. The predicted octanol–water partition coefficient (Wildman–Crippen LogP) is 8.55. The zero-order valence-corrected chi connectivity index (χ0v) is 40.6. The first-order valence-electron chi connectivity index (χ1n) is 24.7. The summed E-state index contributed by atoms with van der Waals surface area (Å²) in [6.07, 6.45) is 9.46. The van der Waals surface area contributed by atoms with Crippen molar-refractivity contribution in [3.63, 3.8) is 0 Å². The molecule has 10 rings (SSSR count). The van der Waals surface area contributed by atoms with Gasteiger partial charge in [0.2, 0.25) is 11.8 Å². The Balaban J connectivity index is 0.821. The van der Waals surface area contributed by atoms with E-state index in [0.29, 0.717) is 12.8 Å². The molecule has 4 aromatic rings. The molecule has 3 amide bonds. The molecule has 12 atom stereocenters. The van der Waals surface area contributed by atoms with Crippen LogP contribution in [-0.4, -0.2) is 110 Å². The predicted molar refractivity (Wildman–Crippen MR) is 253 cm³/mol. The van der Waals surface area contributed by atoms with Crippen LogP contribution in [0, 0.1) is 28.6 Å². The summed E-state index contributed by atoms with van der Waals surface area (Å²) >= 11 is 0. The van der Waals surface area contributed by atoms with Gasteiger partial charge in [0.15, 0.2) is 0 Å². The summed E-state index contributed by atoms with van der Waals surface area (Å²) in [5.74, 6) is 0.562. The van der Waals surface area contributed by atoms with Gasteiger partial charge in [-0.25, -0.2) is 14.8 Å². The van der Waals surface area contributed by atoms with Gasteiger partial charge in [-0.05, 0) is 124 Å². The Labute approximate surface area is 398 Å². The van der Waals surface area contributed by atoms with Crippen molar-refractivity contribution < 1.29 is 38.1 Å². The molecule has 68 heavy (non-hydrogen) atoms. The van der Waals surface area contributed by atoms with E-state index in [9.17, 15) is 19.2 Å². The first kappa shape index (κ1) is 46.2. The SMILES string of the molecule is COC(=O)C[C@H](C(=O)N1[C@H](c2ncc(-c3ccc(-c4ccc(-c5cnc([C@@H]6C[C@@]7(C)C[C@H]7N6C(=O)[C@@H](NC(=O)OC)C6C[C@@H](C)O[C@H](C)C6)[nH]5)cc4)cc3)[nH]2)C[C@@]2(C)C[C@@H]12)C1C[C@@H](C)O[C@H](C)C1. The van der Waals surface area contributed by atoms with Crippen LogP contribution >= 0.6 is 0 Å². The van der Waals surface area contributed by atoms with E-state index < -0.39 is 18.1 Å². The molecular formula is C53H67N7O8. The van der Waals surface area contributed by atoms with Crippen LogP contribution in [0.1, 0.15) is 123 Å². The number of hydrogen-bond donors (Lipinski definition) is 3. The number of esters is 1. The van der Waals surface area contributed by atoms with E-state index in [1.54, 1.807) is 0 Å². The monoisotopic (exact) mass is 930 g/mol. The number of H-pyrrole nitrogens is 2. The highest BCUT2D eigenvalue weighted by Gasteiger charge is 2.66. The van der Waals surface area contributed by atoms with Gasteiger partial charge in [-0.15, -0.1) is 0 Å². The van der Waals surface area contributed by atoms with E-state index in [1.807, 2.05) is 49.9 Å². The Morgan fingerprint density at radius 2 is 1.07 bits per heavy atom. The zero-order valence-electron chi connectivity index (χ0n) is 40.6. The summed E-state index contributed by atoms with van der Waals surface area (Å²) in [7, 11) is 2.71. The topological polar surface area (TPSA) is 181 Å². The molecule has 0 spiro atoms. The number of rotatable bonds is 12. The molecule has 0 unspecified atom stereocenters. The second-order valence-electron chi connectivity index (χ2n) is 21.7. The van der Waals surface area contributed by atoms with Gasteiger partial charge < -0.3 is 44.0 Å². The average molecular weight is 930 g/mol. The fourth-order valence-corrected chi connectivity index (χ4v) is 12.8. The van der Waals surface area contributed by atoms with E-state index in [2.05, 4.69) is 77.7 Å². The van der Waals surface area contributed by atoms with E-state index in [1.165, 1.54) is 14.2 Å². The summed E-state index contributed by atoms with van der Waals surface area (Å²) in [5.41, 5.74) is 5.89. The third-order valence-electron chi connectivity index (χ3n) is 16.5. The van der Waals surface area contributed by atoms with Crippen molar-refractivity contribution in [1.29, 1.82) is 0 Å². The molecular weight excluding hydrogens is 863 g/mol. The van der Waals surface area contributed by atoms with Crippen LogP contribution in [-0.2, 0) is 33.3 Å². The Kier molecular flexibility index (Phi) is 12.1. The van der Waals surface area contributed by atoms with Crippen LogP contribution in [0.5, 0.6) is 0 Å². The van der Waals surface area contributed by atoms with Gasteiger partial charge >= 0.3 is 12.1 Å².